The molecule has 0 aliphatic carbocycles. The summed E-state index contributed by atoms with van der Waals surface area (Å²) in [6, 6.07) is 14.1. The quantitative estimate of drug-likeness (QED) is 0.760. The number of halogens is 1. The van der Waals surface area contributed by atoms with Gasteiger partial charge < -0.3 is 10.1 Å². The minimum atomic E-state index is 0.259. The largest absolute Gasteiger partial charge is 0.457 e. The van der Waals surface area contributed by atoms with Crippen LogP contribution in [0.25, 0.3) is 0 Å². The Morgan fingerprint density at radius 3 is 2.67 bits per heavy atom. The Balaban J connectivity index is 2.21. The smallest absolute Gasteiger partial charge is 0.132 e. The zero-order valence-electron chi connectivity index (χ0n) is 12.8. The Kier molecular flexibility index (Phi) is 5.66. The Morgan fingerprint density at radius 2 is 1.95 bits per heavy atom. The number of aryl methyl sites for hydroxylation is 1. The number of para-hydroxylation sites is 1. The summed E-state index contributed by atoms with van der Waals surface area (Å²) in [5.74, 6) is 1.70. The molecule has 0 heterocycles. The van der Waals surface area contributed by atoms with Crippen LogP contribution in [0.15, 0.2) is 42.5 Å². The highest BCUT2D eigenvalue weighted by atomic mass is 35.5. The van der Waals surface area contributed by atoms with Crippen molar-refractivity contribution in [3.05, 3.63) is 58.6 Å². The minimum absolute atomic E-state index is 0.259. The summed E-state index contributed by atoms with van der Waals surface area (Å²) in [5.41, 5.74) is 2.18. The van der Waals surface area contributed by atoms with E-state index in [0.717, 1.165) is 35.1 Å². The summed E-state index contributed by atoms with van der Waals surface area (Å²) in [6.07, 6.45) is 1.11. The normalized spacial score (nSPS) is 12.2. The molecular weight excluding hydrogens is 282 g/mol. The van der Waals surface area contributed by atoms with Gasteiger partial charge in [0, 0.05) is 16.6 Å². The molecule has 2 aromatic carbocycles. The summed E-state index contributed by atoms with van der Waals surface area (Å²) in [7, 11) is 0. The number of nitrogens with one attached hydrogen (secondary N) is 1. The van der Waals surface area contributed by atoms with Crippen molar-refractivity contribution in [2.75, 3.05) is 6.54 Å². The van der Waals surface area contributed by atoms with E-state index in [9.17, 15) is 0 Å². The molecule has 2 rings (SSSR count). The topological polar surface area (TPSA) is 21.3 Å². The van der Waals surface area contributed by atoms with Crippen molar-refractivity contribution in [2.45, 2.75) is 33.2 Å². The average molecular weight is 304 g/mol. The van der Waals surface area contributed by atoms with E-state index < -0.39 is 0 Å². The van der Waals surface area contributed by atoms with E-state index in [0.29, 0.717) is 0 Å². The monoisotopic (exact) mass is 303 g/mol. The van der Waals surface area contributed by atoms with Gasteiger partial charge in [0.15, 0.2) is 0 Å². The summed E-state index contributed by atoms with van der Waals surface area (Å²) in [4.78, 5) is 0. The number of ether oxygens (including phenoxy) is 1. The van der Waals surface area contributed by atoms with Crippen molar-refractivity contribution >= 4 is 11.6 Å². The van der Waals surface area contributed by atoms with E-state index in [4.69, 9.17) is 16.3 Å². The van der Waals surface area contributed by atoms with Crippen molar-refractivity contribution < 1.29 is 4.74 Å². The number of hydrogen-bond donors (Lipinski definition) is 1. The van der Waals surface area contributed by atoms with Gasteiger partial charge in [-0.15, -0.1) is 0 Å². The van der Waals surface area contributed by atoms with Crippen LogP contribution in [-0.2, 0) is 0 Å². The molecule has 0 radical (unpaired) electrons. The van der Waals surface area contributed by atoms with Crippen LogP contribution in [0.2, 0.25) is 5.02 Å². The molecule has 0 aliphatic heterocycles. The minimum Gasteiger partial charge on any atom is -0.457 e. The van der Waals surface area contributed by atoms with E-state index >= 15 is 0 Å². The Bertz CT molecular complexity index is 598. The molecule has 2 aromatic rings. The molecule has 0 amide bonds. The third-order valence-corrected chi connectivity index (χ3v) is 3.87. The van der Waals surface area contributed by atoms with Gasteiger partial charge in [-0.1, -0.05) is 36.7 Å². The molecule has 0 bridgehead atoms. The molecule has 1 unspecified atom stereocenters. The molecule has 1 N–H and O–H groups in total. The third kappa shape index (κ3) is 4.23. The lowest BCUT2D eigenvalue weighted by Crippen LogP contribution is -2.19. The molecule has 0 fully saturated rings. The predicted molar refractivity (Wildman–Crippen MR) is 89.4 cm³/mol. The first-order valence-corrected chi connectivity index (χ1v) is 7.76. The van der Waals surface area contributed by atoms with Gasteiger partial charge in [-0.05, 0) is 56.6 Å². The maximum absolute atomic E-state index is 6.06. The first kappa shape index (κ1) is 15.9. The first-order valence-electron chi connectivity index (χ1n) is 7.38. The molecule has 2 nitrogen and oxygen atoms in total. The molecule has 0 aliphatic rings. The standard InChI is InChI=1S/C18H22ClNO/c1-4-11-20-14(3)16-7-5-6-8-18(16)21-15-9-10-17(19)13(2)12-15/h5-10,12,14,20H,4,11H2,1-3H3. The van der Waals surface area contributed by atoms with E-state index in [-0.39, 0.29) is 6.04 Å². The highest BCUT2D eigenvalue weighted by Crippen LogP contribution is 2.31. The molecule has 112 valence electrons. The van der Waals surface area contributed by atoms with E-state index in [1.807, 2.05) is 43.3 Å². The van der Waals surface area contributed by atoms with Crippen molar-refractivity contribution in [3.8, 4) is 11.5 Å². The van der Waals surface area contributed by atoms with Crippen molar-refractivity contribution in [1.82, 2.24) is 5.32 Å². The Morgan fingerprint density at radius 1 is 1.19 bits per heavy atom. The van der Waals surface area contributed by atoms with Crippen molar-refractivity contribution in [2.24, 2.45) is 0 Å². The van der Waals surface area contributed by atoms with Gasteiger partial charge >= 0.3 is 0 Å². The van der Waals surface area contributed by atoms with Crippen molar-refractivity contribution in [1.29, 1.82) is 0 Å². The maximum Gasteiger partial charge on any atom is 0.132 e. The SMILES string of the molecule is CCCNC(C)c1ccccc1Oc1ccc(Cl)c(C)c1. The number of hydrogen-bond acceptors (Lipinski definition) is 2. The molecule has 0 saturated heterocycles. The van der Waals surface area contributed by atoms with Gasteiger partial charge in [0.1, 0.15) is 11.5 Å². The lowest BCUT2D eigenvalue weighted by atomic mass is 10.1. The molecule has 21 heavy (non-hydrogen) atoms. The summed E-state index contributed by atoms with van der Waals surface area (Å²) in [6.45, 7) is 7.30. The number of benzene rings is 2. The lowest BCUT2D eigenvalue weighted by Gasteiger charge is -2.18. The van der Waals surface area contributed by atoms with E-state index in [1.165, 1.54) is 5.56 Å². The lowest BCUT2D eigenvalue weighted by molar-refractivity contribution is 0.460. The van der Waals surface area contributed by atoms with Gasteiger partial charge in [-0.3, -0.25) is 0 Å². The fourth-order valence-corrected chi connectivity index (χ4v) is 2.33. The van der Waals surface area contributed by atoms with Crippen LogP contribution in [0.1, 0.15) is 37.4 Å². The molecule has 3 heteroatoms. The highest BCUT2D eigenvalue weighted by molar-refractivity contribution is 6.31. The Hall–Kier alpha value is -1.51. The average Bonchev–Trinajstić information content (AvgIpc) is 2.49. The van der Waals surface area contributed by atoms with Crippen LogP contribution in [0, 0.1) is 6.92 Å². The highest BCUT2D eigenvalue weighted by Gasteiger charge is 2.11. The second-order valence-corrected chi connectivity index (χ2v) is 5.63. The second-order valence-electron chi connectivity index (χ2n) is 5.23. The molecule has 0 spiro atoms. The third-order valence-electron chi connectivity index (χ3n) is 3.44. The van der Waals surface area contributed by atoms with Gasteiger partial charge in [-0.25, -0.2) is 0 Å². The van der Waals surface area contributed by atoms with Crippen molar-refractivity contribution in [3.63, 3.8) is 0 Å². The Labute approximate surface area is 132 Å². The van der Waals surface area contributed by atoms with Gasteiger partial charge in [0.05, 0.1) is 0 Å². The number of rotatable bonds is 6. The second kappa shape index (κ2) is 7.48. The van der Waals surface area contributed by atoms with Gasteiger partial charge in [0.2, 0.25) is 0 Å². The zero-order chi connectivity index (χ0) is 15.2. The molecule has 0 aromatic heterocycles. The van der Waals surface area contributed by atoms with E-state index in [2.05, 4.69) is 25.2 Å². The summed E-state index contributed by atoms with van der Waals surface area (Å²) < 4.78 is 6.05. The van der Waals surface area contributed by atoms with Crippen LogP contribution in [-0.4, -0.2) is 6.54 Å². The van der Waals surface area contributed by atoms with E-state index in [1.54, 1.807) is 0 Å². The first-order chi connectivity index (χ1) is 10.1. The van der Waals surface area contributed by atoms with Crippen LogP contribution in [0.3, 0.4) is 0 Å². The predicted octanol–water partition coefficient (Wildman–Crippen LogP) is 5.50. The van der Waals surface area contributed by atoms with Crippen LogP contribution < -0.4 is 10.1 Å². The zero-order valence-corrected chi connectivity index (χ0v) is 13.6. The summed E-state index contributed by atoms with van der Waals surface area (Å²) >= 11 is 6.06. The fraction of sp³-hybridized carbons (Fsp3) is 0.333. The van der Waals surface area contributed by atoms with Gasteiger partial charge in [-0.2, -0.15) is 0 Å². The van der Waals surface area contributed by atoms with Crippen LogP contribution in [0.5, 0.6) is 11.5 Å². The van der Waals surface area contributed by atoms with Gasteiger partial charge in [0.25, 0.3) is 0 Å². The fourth-order valence-electron chi connectivity index (χ4n) is 2.21. The molecular formula is C18H22ClNO. The van der Waals surface area contributed by atoms with Crippen LogP contribution >= 0.6 is 11.6 Å². The summed E-state index contributed by atoms with van der Waals surface area (Å²) in [5, 5.41) is 4.25. The van der Waals surface area contributed by atoms with Crippen LogP contribution in [0.4, 0.5) is 0 Å². The maximum atomic E-state index is 6.06. The molecule has 0 saturated carbocycles. The molecule has 1 atom stereocenters.